The number of hydrogen-bond acceptors (Lipinski definition) is 24. The fraction of sp³-hybridized carbons (Fsp3) is 1.00. The first-order valence-electron chi connectivity index (χ1n) is 19.2. The van der Waals surface area contributed by atoms with Crippen molar-refractivity contribution in [1.82, 2.24) is 58.8 Å². The van der Waals surface area contributed by atoms with Crippen molar-refractivity contribution in [2.24, 2.45) is 0 Å². The van der Waals surface area contributed by atoms with Crippen LogP contribution < -0.4 is 0 Å². The highest BCUT2D eigenvalue weighted by molar-refractivity contribution is 6.31. The van der Waals surface area contributed by atoms with Crippen molar-refractivity contribution in [3.63, 3.8) is 0 Å². The van der Waals surface area contributed by atoms with E-state index >= 15 is 0 Å². The average molecular weight is 957 g/mol. The third-order valence-electron chi connectivity index (χ3n) is 0. The smallest absolute Gasteiger partial charge is 0.402 e. The molecule has 12 N–H and O–H groups in total. The van der Waals surface area contributed by atoms with Crippen molar-refractivity contribution in [1.29, 1.82) is 0 Å². The van der Waals surface area contributed by atoms with Crippen molar-refractivity contribution in [3.8, 4) is 0 Å². The summed E-state index contributed by atoms with van der Waals surface area (Å²) in [6, 6.07) is 0. The minimum Gasteiger partial charge on any atom is -0.402 e. The number of hydrogen-bond donors (Lipinski definition) is 12. The Hall–Kier alpha value is -0.700. The lowest BCUT2D eigenvalue weighted by Crippen LogP contribution is -2.07. The zero-order chi connectivity index (χ0) is 57.2. The standard InChI is InChI=1S/12C3H9N.4BH3O3/c12*1-4(2)3;4*2-1(3)4/h12*1-3H3;4*2-4H. The Labute approximate surface area is 401 Å². The lowest BCUT2D eigenvalue weighted by Gasteiger charge is -1.90. The number of rotatable bonds is 0. The fourth-order valence-corrected chi connectivity index (χ4v) is 0. The van der Waals surface area contributed by atoms with E-state index in [1.807, 2.05) is 313 Å². The Morgan fingerprint density at radius 2 is 0.125 bits per heavy atom. The molecule has 0 aromatic heterocycles. The van der Waals surface area contributed by atoms with Crippen molar-refractivity contribution in [2.45, 2.75) is 0 Å². The maximum absolute atomic E-state index is 7.17. The Kier molecular flexibility index (Phi) is 180. The van der Waals surface area contributed by atoms with E-state index in [0.717, 1.165) is 0 Å². The summed E-state index contributed by atoms with van der Waals surface area (Å²) in [5, 5.41) is 86.0. The molecule has 0 aromatic rings. The first-order valence-corrected chi connectivity index (χ1v) is 19.2. The highest BCUT2D eigenvalue weighted by atomic mass is 16.5. The molecule has 28 heteroatoms. The van der Waals surface area contributed by atoms with E-state index in [1.165, 1.54) is 0 Å². The van der Waals surface area contributed by atoms with Crippen LogP contribution in [0.4, 0.5) is 0 Å². The minimum atomic E-state index is -2.17. The molecule has 408 valence electrons. The van der Waals surface area contributed by atoms with Crippen LogP contribution in [-0.4, -0.2) is 402 Å². The van der Waals surface area contributed by atoms with Crippen LogP contribution in [0.25, 0.3) is 0 Å². The van der Waals surface area contributed by atoms with E-state index in [-0.39, 0.29) is 0 Å². The molecule has 64 heavy (non-hydrogen) atoms. The van der Waals surface area contributed by atoms with E-state index in [1.54, 1.807) is 0 Å². The maximum atomic E-state index is 7.17. The van der Waals surface area contributed by atoms with E-state index in [4.69, 9.17) is 60.3 Å². The van der Waals surface area contributed by atoms with Gasteiger partial charge in [-0.1, -0.05) is 0 Å². The molecule has 0 spiro atoms. The second-order valence-electron chi connectivity index (χ2n) is 17.5. The van der Waals surface area contributed by atoms with Gasteiger partial charge in [0.15, 0.2) is 0 Å². The SMILES string of the molecule is CN(C)C.CN(C)C.CN(C)C.CN(C)C.CN(C)C.CN(C)C.CN(C)C.CN(C)C.CN(C)C.CN(C)C.CN(C)C.CN(C)C.OB(O)O.OB(O)O.OB(O)O.OB(O)O. The van der Waals surface area contributed by atoms with Gasteiger partial charge in [0.2, 0.25) is 0 Å². The molecule has 0 aliphatic rings. The summed E-state index contributed by atoms with van der Waals surface area (Å²) in [7, 11) is 63.3. The summed E-state index contributed by atoms with van der Waals surface area (Å²) in [5.74, 6) is 0. The molecule has 0 amide bonds. The van der Waals surface area contributed by atoms with Crippen LogP contribution in [-0.2, 0) is 0 Å². The Balaban J connectivity index is -0.0000000274. The largest absolute Gasteiger partial charge is 0.631 e. The van der Waals surface area contributed by atoms with Crippen LogP contribution in [0.5, 0.6) is 0 Å². The molecule has 0 saturated carbocycles. The highest BCUT2D eigenvalue weighted by Crippen LogP contribution is 1.52. The van der Waals surface area contributed by atoms with Gasteiger partial charge in [-0.2, -0.15) is 0 Å². The van der Waals surface area contributed by atoms with Crippen molar-refractivity contribution in [2.75, 3.05) is 254 Å². The Bertz CT molecular complexity index is 372. The van der Waals surface area contributed by atoms with Gasteiger partial charge in [0.1, 0.15) is 0 Å². The molecule has 0 atom stereocenters. The van der Waals surface area contributed by atoms with Crippen molar-refractivity contribution in [3.05, 3.63) is 0 Å². The molecular weight excluding hydrogens is 836 g/mol. The second-order valence-corrected chi connectivity index (χ2v) is 17.5. The zero-order valence-electron chi connectivity index (χ0n) is 49.0. The van der Waals surface area contributed by atoms with Crippen molar-refractivity contribution < 1.29 is 60.3 Å². The van der Waals surface area contributed by atoms with Crippen LogP contribution in [0, 0.1) is 0 Å². The molecule has 0 aromatic carbocycles. The van der Waals surface area contributed by atoms with Crippen LogP contribution >= 0.6 is 0 Å². The average Bonchev–Trinajstić information content (AvgIpc) is 2.83. The van der Waals surface area contributed by atoms with Gasteiger partial charge >= 0.3 is 29.3 Å². The first-order chi connectivity index (χ1) is 27.7. The molecule has 0 aliphatic carbocycles. The van der Waals surface area contributed by atoms with Gasteiger partial charge < -0.3 is 119 Å². The van der Waals surface area contributed by atoms with Gasteiger partial charge in [0.05, 0.1) is 0 Å². The summed E-state index contributed by atoms with van der Waals surface area (Å²) in [4.78, 5) is 24.0. The Morgan fingerprint density at radius 3 is 0.125 bits per heavy atom. The fourth-order valence-electron chi connectivity index (χ4n) is 0. The van der Waals surface area contributed by atoms with E-state index < -0.39 is 29.3 Å². The molecule has 0 heterocycles. The second kappa shape index (κ2) is 105. The third kappa shape index (κ3) is 455000. The molecule has 0 rings (SSSR count). The van der Waals surface area contributed by atoms with Crippen LogP contribution in [0.3, 0.4) is 0 Å². The quantitative estimate of drug-likeness (QED) is 0.101. The first kappa shape index (κ1) is 110. The van der Waals surface area contributed by atoms with Gasteiger partial charge in [0.25, 0.3) is 0 Å². The molecule has 0 fully saturated rings. The predicted molar refractivity (Wildman–Crippen MR) is 285 cm³/mol. The molecule has 0 unspecified atom stereocenters. The third-order valence-corrected chi connectivity index (χ3v) is 0. The van der Waals surface area contributed by atoms with Gasteiger partial charge in [-0.15, -0.1) is 0 Å². The molecule has 0 radical (unpaired) electrons. The molecule has 24 nitrogen and oxygen atoms in total. The van der Waals surface area contributed by atoms with Crippen LogP contribution in [0.1, 0.15) is 0 Å². The summed E-state index contributed by atoms with van der Waals surface area (Å²) in [6.07, 6.45) is 0. The summed E-state index contributed by atoms with van der Waals surface area (Å²) in [6.45, 7) is 0. The summed E-state index contributed by atoms with van der Waals surface area (Å²) in [5.41, 5.74) is 0. The lowest BCUT2D eigenvalue weighted by atomic mass is 10.3. The van der Waals surface area contributed by atoms with Crippen LogP contribution in [0.2, 0.25) is 0 Å². The predicted octanol–water partition coefficient (Wildman–Crippen LogP) is -6.07. The normalized spacial score (nSPS) is 8.44. The van der Waals surface area contributed by atoms with Gasteiger partial charge in [-0.05, 0) is 254 Å². The highest BCUT2D eigenvalue weighted by Gasteiger charge is 1.93. The zero-order valence-corrected chi connectivity index (χ0v) is 49.0. The van der Waals surface area contributed by atoms with Crippen LogP contribution in [0.15, 0.2) is 0 Å². The van der Waals surface area contributed by atoms with Crippen molar-refractivity contribution >= 4 is 29.3 Å². The van der Waals surface area contributed by atoms with E-state index in [2.05, 4.69) is 0 Å². The minimum absolute atomic E-state index is 2.00. The monoisotopic (exact) mass is 957 g/mol. The maximum Gasteiger partial charge on any atom is 0.631 e. The topological polar surface area (TPSA) is 282 Å². The molecule has 0 aliphatic heterocycles. The van der Waals surface area contributed by atoms with Gasteiger partial charge in [-0.3, -0.25) is 0 Å². The molecular formula is C36H120B4N12O12. The molecule has 0 saturated heterocycles. The molecule has 0 bridgehead atoms. The van der Waals surface area contributed by atoms with E-state index in [0.29, 0.717) is 0 Å². The van der Waals surface area contributed by atoms with E-state index in [9.17, 15) is 0 Å². The number of nitrogens with zero attached hydrogens (tertiary/aromatic N) is 12. The van der Waals surface area contributed by atoms with Gasteiger partial charge in [0, 0.05) is 0 Å². The summed E-state index contributed by atoms with van der Waals surface area (Å²) >= 11 is 0. The van der Waals surface area contributed by atoms with Gasteiger partial charge in [-0.25, -0.2) is 0 Å². The lowest BCUT2D eigenvalue weighted by molar-refractivity contribution is 0.276. The Morgan fingerprint density at radius 1 is 0.125 bits per heavy atom. The summed E-state index contributed by atoms with van der Waals surface area (Å²) < 4.78 is 0.